The molecule has 1 fully saturated rings. The van der Waals surface area contributed by atoms with E-state index in [1.54, 1.807) is 12.1 Å². The summed E-state index contributed by atoms with van der Waals surface area (Å²) in [6.07, 6.45) is 3.11. The average molecular weight is 474 g/mol. The third-order valence-corrected chi connectivity index (χ3v) is 6.94. The highest BCUT2D eigenvalue weighted by Gasteiger charge is 2.27. The van der Waals surface area contributed by atoms with Gasteiger partial charge in [0.25, 0.3) is 5.69 Å². The van der Waals surface area contributed by atoms with E-state index in [9.17, 15) is 10.1 Å². The summed E-state index contributed by atoms with van der Waals surface area (Å²) in [6, 6.07) is 14.8. The third kappa shape index (κ3) is 5.43. The minimum atomic E-state index is -0.368. The van der Waals surface area contributed by atoms with E-state index in [0.29, 0.717) is 19.0 Å². The predicted molar refractivity (Wildman–Crippen MR) is 135 cm³/mol. The van der Waals surface area contributed by atoms with Gasteiger partial charge in [-0.25, -0.2) is 4.98 Å². The van der Waals surface area contributed by atoms with E-state index in [2.05, 4.69) is 23.6 Å². The number of piperidine rings is 1. The Morgan fingerprint density at radius 1 is 1.03 bits per heavy atom. The maximum absolute atomic E-state index is 11.0. The number of ether oxygens (including phenoxy) is 1. The van der Waals surface area contributed by atoms with Crippen LogP contribution in [-0.4, -0.2) is 39.4 Å². The zero-order chi connectivity index (χ0) is 24.4. The molecule has 182 valence electrons. The molecule has 2 aliphatic heterocycles. The Morgan fingerprint density at radius 3 is 2.43 bits per heavy atom. The van der Waals surface area contributed by atoms with Crippen LogP contribution in [0, 0.1) is 23.0 Å². The van der Waals surface area contributed by atoms with Crippen molar-refractivity contribution in [3.05, 3.63) is 81.0 Å². The van der Waals surface area contributed by atoms with E-state index in [4.69, 9.17) is 14.7 Å². The number of benzene rings is 2. The zero-order valence-electron chi connectivity index (χ0n) is 20.3. The van der Waals surface area contributed by atoms with Gasteiger partial charge in [0, 0.05) is 51.3 Å². The lowest BCUT2D eigenvalue weighted by atomic mass is 9.99. The van der Waals surface area contributed by atoms with Crippen LogP contribution >= 0.6 is 0 Å². The fourth-order valence-corrected chi connectivity index (χ4v) is 4.70. The van der Waals surface area contributed by atoms with Crippen LogP contribution in [0.1, 0.15) is 42.1 Å². The van der Waals surface area contributed by atoms with Gasteiger partial charge in [-0.15, -0.1) is 0 Å². The number of nitrogens with zero attached hydrogens (tertiary/aromatic N) is 5. The number of rotatable bonds is 6. The topological polar surface area (TPSA) is 84.6 Å². The van der Waals surface area contributed by atoms with Crippen molar-refractivity contribution in [3.63, 3.8) is 0 Å². The molecule has 8 heteroatoms. The summed E-state index contributed by atoms with van der Waals surface area (Å²) in [5.41, 5.74) is 4.41. The van der Waals surface area contributed by atoms with Crippen molar-refractivity contribution in [2.75, 3.05) is 24.5 Å². The lowest BCUT2D eigenvalue weighted by Crippen LogP contribution is -2.36. The van der Waals surface area contributed by atoms with Crippen molar-refractivity contribution in [3.8, 4) is 11.6 Å². The van der Waals surface area contributed by atoms with Crippen molar-refractivity contribution >= 4 is 11.6 Å². The molecule has 2 aliphatic rings. The molecular formula is C27H31N5O3. The molecule has 0 amide bonds. The van der Waals surface area contributed by atoms with Gasteiger partial charge in [0.1, 0.15) is 5.75 Å². The Kier molecular flexibility index (Phi) is 6.63. The summed E-state index contributed by atoms with van der Waals surface area (Å²) < 4.78 is 6.35. The Hall–Kier alpha value is -3.52. The Morgan fingerprint density at radius 2 is 1.74 bits per heavy atom. The highest BCUT2D eigenvalue weighted by Crippen LogP contribution is 2.33. The quantitative estimate of drug-likeness (QED) is 0.356. The molecule has 2 aromatic carbocycles. The van der Waals surface area contributed by atoms with E-state index in [1.807, 2.05) is 36.4 Å². The van der Waals surface area contributed by atoms with Gasteiger partial charge in [-0.1, -0.05) is 36.8 Å². The van der Waals surface area contributed by atoms with E-state index < -0.39 is 0 Å². The molecule has 8 nitrogen and oxygen atoms in total. The van der Waals surface area contributed by atoms with Gasteiger partial charge in [0.15, 0.2) is 0 Å². The maximum Gasteiger partial charge on any atom is 0.269 e. The number of non-ortho nitro benzene ring substituents is 1. The van der Waals surface area contributed by atoms with Crippen molar-refractivity contribution in [1.29, 1.82) is 0 Å². The van der Waals surface area contributed by atoms with Crippen LogP contribution in [0.25, 0.3) is 0 Å². The average Bonchev–Trinajstić information content (AvgIpc) is 2.86. The fraction of sp³-hybridized carbons (Fsp3) is 0.407. The molecule has 0 N–H and O–H groups in total. The van der Waals surface area contributed by atoms with Crippen LogP contribution < -0.4 is 9.64 Å². The molecule has 0 radical (unpaired) electrons. The van der Waals surface area contributed by atoms with Crippen LogP contribution in [0.4, 0.5) is 11.6 Å². The second-order valence-corrected chi connectivity index (χ2v) is 9.72. The summed E-state index contributed by atoms with van der Waals surface area (Å²) in [7, 11) is 0. The molecular weight excluding hydrogens is 442 g/mol. The molecule has 0 saturated carbocycles. The monoisotopic (exact) mass is 473 g/mol. The van der Waals surface area contributed by atoms with Crippen molar-refractivity contribution in [1.82, 2.24) is 14.9 Å². The first-order valence-corrected chi connectivity index (χ1v) is 12.3. The van der Waals surface area contributed by atoms with Gasteiger partial charge in [-0.2, -0.15) is 4.98 Å². The van der Waals surface area contributed by atoms with Gasteiger partial charge in [-0.3, -0.25) is 15.0 Å². The number of fused-ring (bicyclic) bond motifs is 1. The van der Waals surface area contributed by atoms with Gasteiger partial charge < -0.3 is 9.64 Å². The predicted octanol–water partition coefficient (Wildman–Crippen LogP) is 5.28. The SMILES string of the molecule is Cc1ccc(Oc2nc(N3CCC(C)CC3)nc3c2CN(Cc2ccc([N+](=O)[O-])cc2)CC3)cc1. The number of aromatic nitrogens is 2. The van der Waals surface area contributed by atoms with Crippen LogP contribution in [0.3, 0.4) is 0 Å². The van der Waals surface area contributed by atoms with Gasteiger partial charge in [0.05, 0.1) is 16.2 Å². The summed E-state index contributed by atoms with van der Waals surface area (Å²) >= 11 is 0. The van der Waals surface area contributed by atoms with Crippen LogP contribution in [0.2, 0.25) is 0 Å². The number of nitro benzene ring substituents is 1. The fourth-order valence-electron chi connectivity index (χ4n) is 4.70. The van der Waals surface area contributed by atoms with Crippen molar-refractivity contribution in [2.24, 2.45) is 5.92 Å². The second-order valence-electron chi connectivity index (χ2n) is 9.72. The lowest BCUT2D eigenvalue weighted by molar-refractivity contribution is -0.384. The molecule has 1 aromatic heterocycles. The number of hydrogen-bond donors (Lipinski definition) is 0. The molecule has 0 spiro atoms. The normalized spacial score (nSPS) is 16.7. The first-order valence-electron chi connectivity index (χ1n) is 12.3. The Balaban J connectivity index is 1.41. The van der Waals surface area contributed by atoms with Gasteiger partial charge >= 0.3 is 0 Å². The highest BCUT2D eigenvalue weighted by atomic mass is 16.6. The van der Waals surface area contributed by atoms with E-state index in [0.717, 1.165) is 73.3 Å². The van der Waals surface area contributed by atoms with Crippen LogP contribution in [0.15, 0.2) is 48.5 Å². The third-order valence-electron chi connectivity index (χ3n) is 6.94. The largest absolute Gasteiger partial charge is 0.439 e. The smallest absolute Gasteiger partial charge is 0.269 e. The molecule has 3 heterocycles. The van der Waals surface area contributed by atoms with Crippen molar-refractivity contribution in [2.45, 2.75) is 46.2 Å². The standard InChI is InChI=1S/C27H31N5O3/c1-19-3-9-23(10-4-19)35-26-24-18-30(17-21-5-7-22(8-6-21)32(33)34)14-13-25(24)28-27(29-26)31-15-11-20(2)12-16-31/h3-10,20H,11-18H2,1-2H3. The van der Waals surface area contributed by atoms with E-state index in [1.165, 1.54) is 5.56 Å². The molecule has 0 bridgehead atoms. The number of aryl methyl sites for hydroxylation is 1. The van der Waals surface area contributed by atoms with Crippen LogP contribution in [-0.2, 0) is 19.5 Å². The minimum Gasteiger partial charge on any atom is -0.439 e. The highest BCUT2D eigenvalue weighted by molar-refractivity contribution is 5.44. The number of nitro groups is 1. The molecule has 1 saturated heterocycles. The lowest BCUT2D eigenvalue weighted by Gasteiger charge is -2.33. The van der Waals surface area contributed by atoms with Crippen LogP contribution in [0.5, 0.6) is 11.6 Å². The summed E-state index contributed by atoms with van der Waals surface area (Å²) in [5.74, 6) is 2.89. The number of anilines is 1. The van der Waals surface area contributed by atoms with E-state index in [-0.39, 0.29) is 10.6 Å². The summed E-state index contributed by atoms with van der Waals surface area (Å²) in [6.45, 7) is 8.53. The molecule has 0 unspecified atom stereocenters. The van der Waals surface area contributed by atoms with E-state index >= 15 is 0 Å². The summed E-state index contributed by atoms with van der Waals surface area (Å²) in [5, 5.41) is 11.0. The van der Waals surface area contributed by atoms with Crippen molar-refractivity contribution < 1.29 is 9.66 Å². The minimum absolute atomic E-state index is 0.111. The number of hydrogen-bond acceptors (Lipinski definition) is 7. The Labute approximate surface area is 205 Å². The Bertz CT molecular complexity index is 1190. The summed E-state index contributed by atoms with van der Waals surface area (Å²) in [4.78, 5) is 25.1. The molecule has 0 aliphatic carbocycles. The molecule has 35 heavy (non-hydrogen) atoms. The molecule has 5 rings (SSSR count). The first kappa shape index (κ1) is 23.2. The molecule has 0 atom stereocenters. The molecule has 3 aromatic rings. The zero-order valence-corrected chi connectivity index (χ0v) is 20.3. The van der Waals surface area contributed by atoms with Gasteiger partial charge in [-0.05, 0) is 43.4 Å². The maximum atomic E-state index is 11.0. The first-order chi connectivity index (χ1) is 16.9. The second kappa shape index (κ2) is 10.00. The van der Waals surface area contributed by atoms with Gasteiger partial charge in [0.2, 0.25) is 11.8 Å².